The number of thioether (sulfide) groups is 1. The van der Waals surface area contributed by atoms with Gasteiger partial charge in [0.25, 0.3) is 5.91 Å². The molecule has 2 aliphatic rings. The zero-order valence-electron chi connectivity index (χ0n) is 16.5. The van der Waals surface area contributed by atoms with E-state index < -0.39 is 5.54 Å². The fourth-order valence-corrected chi connectivity index (χ4v) is 6.08. The summed E-state index contributed by atoms with van der Waals surface area (Å²) in [6, 6.07) is 8.12. The van der Waals surface area contributed by atoms with E-state index in [2.05, 4.69) is 15.3 Å². The van der Waals surface area contributed by atoms with Crippen LogP contribution >= 0.6 is 23.1 Å². The Morgan fingerprint density at radius 2 is 2.16 bits per heavy atom. The molecule has 1 fully saturated rings. The molecule has 3 heterocycles. The lowest BCUT2D eigenvalue weighted by Gasteiger charge is -2.36. The highest BCUT2D eigenvalue weighted by atomic mass is 32.2. The maximum absolute atomic E-state index is 14.9. The van der Waals surface area contributed by atoms with Crippen molar-refractivity contribution in [1.29, 1.82) is 0 Å². The summed E-state index contributed by atoms with van der Waals surface area (Å²) in [6.45, 7) is 0. The summed E-state index contributed by atoms with van der Waals surface area (Å²) in [5.41, 5.74) is 7.52. The average molecular weight is 454 g/mol. The molecule has 1 saturated carbocycles. The number of amides is 1. The second-order valence-electron chi connectivity index (χ2n) is 7.69. The van der Waals surface area contributed by atoms with E-state index in [0.29, 0.717) is 16.4 Å². The van der Waals surface area contributed by atoms with Crippen molar-refractivity contribution in [2.45, 2.75) is 24.8 Å². The van der Waals surface area contributed by atoms with Crippen LogP contribution in [0.25, 0.3) is 10.6 Å². The van der Waals surface area contributed by atoms with Gasteiger partial charge in [0, 0.05) is 40.3 Å². The molecule has 2 aromatic heterocycles. The minimum Gasteiger partial charge on any atom is -0.379 e. The number of amidine groups is 1. The number of nitrogens with one attached hydrogen (secondary N) is 1. The smallest absolute Gasteiger partial charge is 0.274 e. The summed E-state index contributed by atoms with van der Waals surface area (Å²) in [4.78, 5) is 25.9. The number of benzene rings is 1. The molecule has 1 aliphatic carbocycles. The highest BCUT2D eigenvalue weighted by Crippen LogP contribution is 2.51. The number of aliphatic imine (C=N–C) groups is 1. The second kappa shape index (κ2) is 8.05. The van der Waals surface area contributed by atoms with E-state index in [1.54, 1.807) is 30.6 Å². The number of rotatable bonds is 4. The monoisotopic (exact) mass is 453 g/mol. The Morgan fingerprint density at radius 3 is 2.94 bits per heavy atom. The first-order valence-corrected chi connectivity index (χ1v) is 11.9. The Bertz CT molecular complexity index is 1150. The van der Waals surface area contributed by atoms with Crippen molar-refractivity contribution in [1.82, 2.24) is 9.97 Å². The van der Waals surface area contributed by atoms with Crippen molar-refractivity contribution in [2.24, 2.45) is 16.6 Å². The van der Waals surface area contributed by atoms with E-state index in [4.69, 9.17) is 10.7 Å². The summed E-state index contributed by atoms with van der Waals surface area (Å²) in [6.07, 6.45) is 6.09. The van der Waals surface area contributed by atoms with Crippen LogP contribution in [-0.2, 0) is 5.54 Å². The van der Waals surface area contributed by atoms with E-state index in [-0.39, 0.29) is 23.3 Å². The molecule has 3 N–H and O–H groups in total. The Balaban J connectivity index is 1.41. The number of anilines is 1. The minimum absolute atomic E-state index is 0.241. The van der Waals surface area contributed by atoms with Crippen molar-refractivity contribution in [3.63, 3.8) is 0 Å². The second-order valence-corrected chi connectivity index (χ2v) is 9.63. The van der Waals surface area contributed by atoms with Crippen molar-refractivity contribution in [3.05, 3.63) is 65.2 Å². The first kappa shape index (κ1) is 20.1. The predicted octanol–water partition coefficient (Wildman–Crippen LogP) is 4.65. The van der Waals surface area contributed by atoms with Gasteiger partial charge in [-0.1, -0.05) is 18.2 Å². The van der Waals surface area contributed by atoms with Crippen LogP contribution in [-0.4, -0.2) is 26.8 Å². The maximum Gasteiger partial charge on any atom is 0.274 e. The van der Waals surface area contributed by atoms with E-state index >= 15 is 0 Å². The third kappa shape index (κ3) is 3.72. The first-order valence-electron chi connectivity index (χ1n) is 10.0. The van der Waals surface area contributed by atoms with Gasteiger partial charge in [0.15, 0.2) is 5.17 Å². The van der Waals surface area contributed by atoms with Gasteiger partial charge >= 0.3 is 0 Å². The third-order valence-electron chi connectivity index (χ3n) is 5.89. The highest BCUT2D eigenvalue weighted by Gasteiger charge is 2.48. The molecule has 5 rings (SSSR count). The van der Waals surface area contributed by atoms with Crippen LogP contribution in [0.4, 0.5) is 10.1 Å². The van der Waals surface area contributed by atoms with Gasteiger partial charge in [-0.3, -0.25) is 14.8 Å². The molecule has 3 aromatic rings. The normalized spacial score (nSPS) is 22.6. The summed E-state index contributed by atoms with van der Waals surface area (Å²) < 4.78 is 14.9. The number of nitrogens with two attached hydrogens (primary N) is 1. The van der Waals surface area contributed by atoms with Gasteiger partial charge in [0.2, 0.25) is 0 Å². The molecule has 1 aliphatic heterocycles. The van der Waals surface area contributed by atoms with Crippen molar-refractivity contribution in [2.75, 3.05) is 11.1 Å². The number of thiazole rings is 1. The molecule has 0 spiro atoms. The third-order valence-corrected chi connectivity index (χ3v) is 7.67. The van der Waals surface area contributed by atoms with Gasteiger partial charge in [-0.25, -0.2) is 9.37 Å². The minimum atomic E-state index is -0.645. The molecule has 9 heteroatoms. The van der Waals surface area contributed by atoms with Gasteiger partial charge < -0.3 is 11.1 Å². The highest BCUT2D eigenvalue weighted by molar-refractivity contribution is 8.13. The van der Waals surface area contributed by atoms with Crippen LogP contribution in [0.3, 0.4) is 0 Å². The van der Waals surface area contributed by atoms with Gasteiger partial charge in [0.05, 0.1) is 5.54 Å². The van der Waals surface area contributed by atoms with Gasteiger partial charge in [-0.15, -0.1) is 11.3 Å². The molecule has 0 saturated heterocycles. The average Bonchev–Trinajstić information content (AvgIpc) is 3.45. The molecule has 158 valence electrons. The standard InChI is InChI=1S/C22H20FN5OS2/c23-17-5-4-15(10-16(17)22-7-1-2-14(22)12-31-21(24)28-22)27-19(29)18-6-3-13(11-26-18)20-25-8-9-30-20/h3-6,8-11,14H,1-2,7,12H2,(H2,24,28)(H,27,29). The number of hydrogen-bond donors (Lipinski definition) is 2. The fraction of sp³-hybridized carbons (Fsp3) is 0.273. The lowest BCUT2D eigenvalue weighted by molar-refractivity contribution is 0.102. The largest absolute Gasteiger partial charge is 0.379 e. The molecule has 1 aromatic carbocycles. The summed E-state index contributed by atoms with van der Waals surface area (Å²) in [5.74, 6) is 0.399. The topological polar surface area (TPSA) is 93.3 Å². The summed E-state index contributed by atoms with van der Waals surface area (Å²) >= 11 is 3.04. The lowest BCUT2D eigenvalue weighted by atomic mass is 9.81. The molecule has 6 nitrogen and oxygen atoms in total. The van der Waals surface area contributed by atoms with E-state index in [1.807, 2.05) is 11.4 Å². The quantitative estimate of drug-likeness (QED) is 0.600. The SMILES string of the molecule is NC1=NC2(c3cc(NC(=O)c4ccc(-c5nccs5)cn4)ccc3F)CCCC2CS1. The molecule has 2 atom stereocenters. The number of fused-ring (bicyclic) bond motifs is 1. The van der Waals surface area contributed by atoms with Gasteiger partial charge in [0.1, 0.15) is 16.5 Å². The Kier molecular flexibility index (Phi) is 5.23. The van der Waals surface area contributed by atoms with Crippen molar-refractivity contribution < 1.29 is 9.18 Å². The number of pyridine rings is 1. The fourth-order valence-electron chi connectivity index (χ4n) is 4.41. The van der Waals surface area contributed by atoms with Crippen LogP contribution in [0.2, 0.25) is 0 Å². The Morgan fingerprint density at radius 1 is 1.26 bits per heavy atom. The Labute approximate surface area is 187 Å². The number of halogens is 1. The zero-order chi connectivity index (χ0) is 21.4. The number of carbonyl (C=O) groups excluding carboxylic acids is 1. The van der Waals surface area contributed by atoms with Gasteiger partial charge in [-0.2, -0.15) is 0 Å². The number of carbonyl (C=O) groups is 1. The number of nitrogens with zero attached hydrogens (tertiary/aromatic N) is 3. The summed E-state index contributed by atoms with van der Waals surface area (Å²) in [5, 5.41) is 6.07. The molecular weight excluding hydrogens is 433 g/mol. The lowest BCUT2D eigenvalue weighted by Crippen LogP contribution is -2.37. The van der Waals surface area contributed by atoms with E-state index in [9.17, 15) is 9.18 Å². The Hall–Kier alpha value is -2.78. The maximum atomic E-state index is 14.9. The number of aromatic nitrogens is 2. The van der Waals surface area contributed by atoms with Gasteiger partial charge in [-0.05, 0) is 49.1 Å². The zero-order valence-corrected chi connectivity index (χ0v) is 18.2. The molecule has 2 unspecified atom stereocenters. The molecule has 0 radical (unpaired) electrons. The molecular formula is C22H20FN5OS2. The van der Waals surface area contributed by atoms with E-state index in [0.717, 1.165) is 35.6 Å². The van der Waals surface area contributed by atoms with Crippen LogP contribution in [0.1, 0.15) is 35.3 Å². The summed E-state index contributed by atoms with van der Waals surface area (Å²) in [7, 11) is 0. The first-order chi connectivity index (χ1) is 15.0. The predicted molar refractivity (Wildman–Crippen MR) is 123 cm³/mol. The molecule has 1 amide bonds. The van der Waals surface area contributed by atoms with Crippen molar-refractivity contribution >= 4 is 39.9 Å². The van der Waals surface area contributed by atoms with Crippen LogP contribution in [0, 0.1) is 11.7 Å². The number of hydrogen-bond acceptors (Lipinski definition) is 7. The van der Waals surface area contributed by atoms with Crippen LogP contribution in [0.15, 0.2) is 53.1 Å². The molecule has 0 bridgehead atoms. The van der Waals surface area contributed by atoms with Crippen LogP contribution in [0.5, 0.6) is 0 Å². The molecule has 31 heavy (non-hydrogen) atoms. The van der Waals surface area contributed by atoms with Crippen molar-refractivity contribution in [3.8, 4) is 10.6 Å². The van der Waals surface area contributed by atoms with E-state index in [1.165, 1.54) is 29.2 Å². The van der Waals surface area contributed by atoms with Crippen LogP contribution < -0.4 is 11.1 Å².